The Morgan fingerprint density at radius 3 is 2.68 bits per heavy atom. The molecular formula is C19H17N3O4S2. The van der Waals surface area contributed by atoms with Gasteiger partial charge >= 0.3 is 0 Å². The first-order chi connectivity index (χ1) is 13.4. The summed E-state index contributed by atoms with van der Waals surface area (Å²) in [5, 5.41) is 5.44. The fraction of sp³-hybridized carbons (Fsp3) is 0.158. The molecule has 28 heavy (non-hydrogen) atoms. The number of anilines is 1. The van der Waals surface area contributed by atoms with Crippen molar-refractivity contribution in [3.63, 3.8) is 0 Å². The summed E-state index contributed by atoms with van der Waals surface area (Å²) in [7, 11) is -3.66. The van der Waals surface area contributed by atoms with E-state index in [4.69, 9.17) is 4.42 Å². The summed E-state index contributed by atoms with van der Waals surface area (Å²) in [6.45, 7) is 5.62. The normalized spacial score (nSPS) is 14.0. The van der Waals surface area contributed by atoms with E-state index in [1.807, 2.05) is 12.3 Å². The molecule has 0 fully saturated rings. The molecule has 1 N–H and O–H groups in total. The van der Waals surface area contributed by atoms with Gasteiger partial charge in [0.15, 0.2) is 5.88 Å². The Bertz CT molecular complexity index is 1140. The third-order valence-electron chi connectivity index (χ3n) is 4.40. The molecule has 1 amide bonds. The Kier molecular flexibility index (Phi) is 4.66. The van der Waals surface area contributed by atoms with Gasteiger partial charge in [0, 0.05) is 29.1 Å². The number of carbonyl (C=O) groups is 1. The summed E-state index contributed by atoms with van der Waals surface area (Å²) in [5.74, 6) is 0.430. The molecule has 1 aliphatic heterocycles. The lowest BCUT2D eigenvalue weighted by molar-refractivity contribution is -0.112. The number of benzene rings is 1. The first kappa shape index (κ1) is 18.6. The molecule has 1 aliphatic rings. The maximum Gasteiger partial charge on any atom is 0.250 e. The first-order valence-electron chi connectivity index (χ1n) is 8.44. The second-order valence-electron chi connectivity index (χ2n) is 6.30. The van der Waals surface area contributed by atoms with E-state index in [0.717, 1.165) is 27.9 Å². The van der Waals surface area contributed by atoms with Gasteiger partial charge in [0.05, 0.1) is 22.1 Å². The summed E-state index contributed by atoms with van der Waals surface area (Å²) in [6, 6.07) is 8.35. The summed E-state index contributed by atoms with van der Waals surface area (Å²) >= 11 is 1.55. The van der Waals surface area contributed by atoms with Crippen LogP contribution in [0.1, 0.15) is 16.3 Å². The van der Waals surface area contributed by atoms with Crippen LogP contribution in [0, 0.1) is 6.92 Å². The fourth-order valence-corrected chi connectivity index (χ4v) is 4.98. The second-order valence-corrected chi connectivity index (χ2v) is 9.30. The number of aryl methyl sites for hydroxylation is 1. The number of amides is 1. The van der Waals surface area contributed by atoms with Crippen molar-refractivity contribution in [3.05, 3.63) is 64.7 Å². The molecule has 9 heteroatoms. The number of nitrogens with zero attached hydrogens (tertiary/aromatic N) is 2. The smallest absolute Gasteiger partial charge is 0.250 e. The molecular weight excluding hydrogens is 398 g/mol. The van der Waals surface area contributed by atoms with Crippen LogP contribution in [-0.2, 0) is 27.9 Å². The number of carbonyl (C=O) groups excluding carboxylic acids is 1. The van der Waals surface area contributed by atoms with Crippen LogP contribution in [0.5, 0.6) is 0 Å². The molecule has 0 saturated heterocycles. The average Bonchev–Trinajstić information content (AvgIpc) is 3.36. The highest BCUT2D eigenvalue weighted by atomic mass is 32.2. The zero-order chi connectivity index (χ0) is 19.9. The molecule has 7 nitrogen and oxygen atoms in total. The van der Waals surface area contributed by atoms with Gasteiger partial charge in [0.1, 0.15) is 5.76 Å². The number of nitrogens with one attached hydrogen (secondary N) is 1. The third-order valence-corrected chi connectivity index (χ3v) is 6.98. The Hall–Kier alpha value is -2.75. The number of thiazole rings is 1. The number of aromatic nitrogens is 1. The zero-order valence-electron chi connectivity index (χ0n) is 15.0. The molecule has 0 unspecified atom stereocenters. The average molecular weight is 415 g/mol. The monoisotopic (exact) mass is 415 g/mol. The summed E-state index contributed by atoms with van der Waals surface area (Å²) < 4.78 is 32.8. The van der Waals surface area contributed by atoms with E-state index in [-0.39, 0.29) is 29.8 Å². The topological polar surface area (TPSA) is 92.5 Å². The maximum atomic E-state index is 12.9. The van der Waals surface area contributed by atoms with Crippen molar-refractivity contribution in [1.82, 2.24) is 9.29 Å². The van der Waals surface area contributed by atoms with Crippen LogP contribution in [0.3, 0.4) is 0 Å². The SMILES string of the molecule is C=CC(=O)Nc1cc2c(o1)CN(S(=O)(=O)c1ccc(-c3csc(C)n3)cc1)C2. The van der Waals surface area contributed by atoms with Crippen LogP contribution in [0.4, 0.5) is 5.88 Å². The number of hydrogen-bond acceptors (Lipinski definition) is 6. The summed E-state index contributed by atoms with van der Waals surface area (Å²) in [4.78, 5) is 16.0. The number of sulfonamides is 1. The summed E-state index contributed by atoms with van der Waals surface area (Å²) in [5.41, 5.74) is 2.44. The van der Waals surface area contributed by atoms with Gasteiger partial charge < -0.3 is 4.42 Å². The quantitative estimate of drug-likeness (QED) is 0.644. The Balaban J connectivity index is 1.51. The highest BCUT2D eigenvalue weighted by molar-refractivity contribution is 7.89. The number of furan rings is 1. The van der Waals surface area contributed by atoms with Crippen LogP contribution >= 0.6 is 11.3 Å². The minimum absolute atomic E-state index is 0.120. The second kappa shape index (κ2) is 7.01. The lowest BCUT2D eigenvalue weighted by Gasteiger charge is -2.15. The van der Waals surface area contributed by atoms with Gasteiger partial charge in [-0.15, -0.1) is 11.3 Å². The predicted octanol–water partition coefficient (Wildman–Crippen LogP) is 3.54. The number of fused-ring (bicyclic) bond motifs is 1. The predicted molar refractivity (Wildman–Crippen MR) is 106 cm³/mol. The van der Waals surface area contributed by atoms with E-state index in [1.54, 1.807) is 41.7 Å². The van der Waals surface area contributed by atoms with Crippen LogP contribution in [0.15, 0.2) is 57.7 Å². The maximum absolute atomic E-state index is 12.9. The largest absolute Gasteiger partial charge is 0.444 e. The van der Waals surface area contributed by atoms with E-state index in [9.17, 15) is 13.2 Å². The van der Waals surface area contributed by atoms with E-state index in [1.165, 1.54) is 4.31 Å². The molecule has 4 rings (SSSR count). The molecule has 0 saturated carbocycles. The van der Waals surface area contributed by atoms with E-state index < -0.39 is 10.0 Å². The van der Waals surface area contributed by atoms with Gasteiger partial charge in [-0.1, -0.05) is 18.7 Å². The lowest BCUT2D eigenvalue weighted by atomic mass is 10.2. The molecule has 3 heterocycles. The van der Waals surface area contributed by atoms with Crippen LogP contribution in [0.25, 0.3) is 11.3 Å². The van der Waals surface area contributed by atoms with Gasteiger partial charge in [-0.05, 0) is 25.1 Å². The van der Waals surface area contributed by atoms with Gasteiger partial charge in [-0.3, -0.25) is 10.1 Å². The molecule has 0 spiro atoms. The lowest BCUT2D eigenvalue weighted by Crippen LogP contribution is -2.25. The first-order valence-corrected chi connectivity index (χ1v) is 10.8. The molecule has 3 aromatic rings. The molecule has 1 aromatic carbocycles. The molecule has 0 bridgehead atoms. The van der Waals surface area contributed by atoms with Crippen molar-refractivity contribution >= 4 is 33.2 Å². The van der Waals surface area contributed by atoms with E-state index in [0.29, 0.717) is 5.76 Å². The highest BCUT2D eigenvalue weighted by Gasteiger charge is 2.33. The van der Waals surface area contributed by atoms with Gasteiger partial charge in [-0.2, -0.15) is 4.31 Å². The molecule has 2 aromatic heterocycles. The highest BCUT2D eigenvalue weighted by Crippen LogP contribution is 2.33. The third kappa shape index (κ3) is 3.39. The minimum Gasteiger partial charge on any atom is -0.444 e. The Labute approximate surface area is 166 Å². The van der Waals surface area contributed by atoms with Gasteiger partial charge in [-0.25, -0.2) is 13.4 Å². The molecule has 0 radical (unpaired) electrons. The fourth-order valence-electron chi connectivity index (χ4n) is 2.99. The Morgan fingerprint density at radius 2 is 2.07 bits per heavy atom. The van der Waals surface area contributed by atoms with Crippen LogP contribution < -0.4 is 5.32 Å². The molecule has 0 aliphatic carbocycles. The van der Waals surface area contributed by atoms with Crippen molar-refractivity contribution < 1.29 is 17.6 Å². The van der Waals surface area contributed by atoms with Gasteiger partial charge in [0.25, 0.3) is 0 Å². The number of hydrogen-bond donors (Lipinski definition) is 1. The van der Waals surface area contributed by atoms with Crippen LogP contribution in [-0.4, -0.2) is 23.6 Å². The zero-order valence-corrected chi connectivity index (χ0v) is 16.6. The summed E-state index contributed by atoms with van der Waals surface area (Å²) in [6.07, 6.45) is 1.14. The standard InChI is InChI=1S/C19H17N3O4S2/c1-3-18(23)21-19-8-14-9-22(10-17(14)26-19)28(24,25)15-6-4-13(5-7-15)16-11-27-12(2)20-16/h3-8,11H,1,9-10H2,2H3,(H,21,23). The van der Waals surface area contributed by atoms with Crippen molar-refractivity contribution in [1.29, 1.82) is 0 Å². The molecule has 144 valence electrons. The van der Waals surface area contributed by atoms with Crippen LogP contribution in [0.2, 0.25) is 0 Å². The number of rotatable bonds is 5. The van der Waals surface area contributed by atoms with E-state index >= 15 is 0 Å². The van der Waals surface area contributed by atoms with Crippen molar-refractivity contribution in [2.45, 2.75) is 24.9 Å². The van der Waals surface area contributed by atoms with Crippen molar-refractivity contribution in [2.24, 2.45) is 0 Å². The van der Waals surface area contributed by atoms with Gasteiger partial charge in [0.2, 0.25) is 15.9 Å². The molecule has 0 atom stereocenters. The Morgan fingerprint density at radius 1 is 1.32 bits per heavy atom. The minimum atomic E-state index is -3.66. The van der Waals surface area contributed by atoms with Crippen molar-refractivity contribution in [2.75, 3.05) is 5.32 Å². The van der Waals surface area contributed by atoms with E-state index in [2.05, 4.69) is 16.9 Å². The van der Waals surface area contributed by atoms with Crippen molar-refractivity contribution in [3.8, 4) is 11.3 Å².